The van der Waals surface area contributed by atoms with Gasteiger partial charge in [-0.15, -0.1) is 10.2 Å². The zero-order valence-electron chi connectivity index (χ0n) is 17.8. The molecule has 0 bridgehead atoms. The van der Waals surface area contributed by atoms with Gasteiger partial charge in [-0.05, 0) is 37.3 Å². The summed E-state index contributed by atoms with van der Waals surface area (Å²) in [6, 6.07) is 17.4. The van der Waals surface area contributed by atoms with Crippen molar-refractivity contribution in [2.24, 2.45) is 10.2 Å². The fourth-order valence-corrected chi connectivity index (χ4v) is 4.37. The lowest BCUT2D eigenvalue weighted by Crippen LogP contribution is -2.13. The van der Waals surface area contributed by atoms with E-state index in [2.05, 4.69) is 15.0 Å². The number of benzene rings is 4. The molecule has 0 saturated heterocycles. The Morgan fingerprint density at radius 2 is 1.47 bits per heavy atom. The molecule has 4 aromatic rings. The SMILES string of the molecule is Cc1ccc(S(=O)(=O)Nc2cc(N=NC(=O)c3cc(O)cc(O)c3)c(O)c3ccccc23)cc1. The second-order valence-corrected chi connectivity index (χ2v) is 9.18. The van der Waals surface area contributed by atoms with Crippen molar-refractivity contribution < 1.29 is 28.5 Å². The molecule has 4 aromatic carbocycles. The molecule has 0 saturated carbocycles. The van der Waals surface area contributed by atoms with Gasteiger partial charge < -0.3 is 15.3 Å². The third-order valence-electron chi connectivity index (χ3n) is 4.97. The highest BCUT2D eigenvalue weighted by atomic mass is 32.2. The van der Waals surface area contributed by atoms with Crippen LogP contribution in [0.5, 0.6) is 17.2 Å². The average Bonchev–Trinajstić information content (AvgIpc) is 2.79. The van der Waals surface area contributed by atoms with Crippen LogP contribution in [0.2, 0.25) is 0 Å². The van der Waals surface area contributed by atoms with E-state index in [1.54, 1.807) is 36.4 Å². The molecule has 4 N–H and O–H groups in total. The van der Waals surface area contributed by atoms with Crippen LogP contribution < -0.4 is 4.72 Å². The summed E-state index contributed by atoms with van der Waals surface area (Å²) in [5.41, 5.74) is 0.756. The molecular weight excluding hydrogens is 458 g/mol. The normalized spacial score (nSPS) is 11.7. The number of carbonyl (C=O) groups excluding carboxylic acids is 1. The average molecular weight is 477 g/mol. The van der Waals surface area contributed by atoms with Gasteiger partial charge in [0.1, 0.15) is 17.2 Å². The van der Waals surface area contributed by atoms with Gasteiger partial charge in [-0.2, -0.15) is 0 Å². The lowest BCUT2D eigenvalue weighted by molar-refractivity contribution is 0.0994. The molecule has 10 heteroatoms. The van der Waals surface area contributed by atoms with Crippen molar-refractivity contribution in [3.8, 4) is 17.2 Å². The molecule has 0 radical (unpaired) electrons. The van der Waals surface area contributed by atoms with Crippen molar-refractivity contribution in [2.75, 3.05) is 4.72 Å². The molecule has 172 valence electrons. The van der Waals surface area contributed by atoms with E-state index in [0.717, 1.165) is 23.8 Å². The second kappa shape index (κ2) is 8.83. The Labute approximate surface area is 194 Å². The lowest BCUT2D eigenvalue weighted by atomic mass is 10.1. The zero-order chi connectivity index (χ0) is 24.5. The largest absolute Gasteiger partial charge is 0.508 e. The highest BCUT2D eigenvalue weighted by molar-refractivity contribution is 7.92. The third-order valence-corrected chi connectivity index (χ3v) is 6.35. The number of fused-ring (bicyclic) bond motifs is 1. The number of phenols is 3. The fourth-order valence-electron chi connectivity index (χ4n) is 3.30. The van der Waals surface area contributed by atoms with Crippen molar-refractivity contribution in [3.05, 3.63) is 83.9 Å². The van der Waals surface area contributed by atoms with Gasteiger partial charge in [-0.3, -0.25) is 9.52 Å². The summed E-state index contributed by atoms with van der Waals surface area (Å²) in [6.45, 7) is 1.84. The number of carbonyl (C=O) groups is 1. The number of hydrogen-bond donors (Lipinski definition) is 4. The lowest BCUT2D eigenvalue weighted by Gasteiger charge is -2.13. The van der Waals surface area contributed by atoms with Gasteiger partial charge in [-0.25, -0.2) is 8.42 Å². The standard InChI is InChI=1S/C24H19N3O6S/c1-14-6-8-18(9-7-14)34(32,33)27-21-13-22(23(30)20-5-3-2-4-19(20)21)25-26-24(31)15-10-16(28)12-17(29)11-15/h2-13,27-30H,1H3. The first-order valence-corrected chi connectivity index (χ1v) is 11.5. The van der Waals surface area contributed by atoms with Crippen LogP contribution in [0.3, 0.4) is 0 Å². The Morgan fingerprint density at radius 1 is 0.853 bits per heavy atom. The van der Waals surface area contributed by atoms with Crippen molar-refractivity contribution in [1.29, 1.82) is 0 Å². The smallest absolute Gasteiger partial charge is 0.295 e. The first-order chi connectivity index (χ1) is 16.1. The minimum Gasteiger partial charge on any atom is -0.508 e. The van der Waals surface area contributed by atoms with Crippen LogP contribution >= 0.6 is 0 Å². The highest BCUT2D eigenvalue weighted by Crippen LogP contribution is 2.40. The molecule has 0 aliphatic heterocycles. The van der Waals surface area contributed by atoms with Crippen molar-refractivity contribution in [2.45, 2.75) is 11.8 Å². The summed E-state index contributed by atoms with van der Waals surface area (Å²) in [6.07, 6.45) is 0. The summed E-state index contributed by atoms with van der Waals surface area (Å²) in [4.78, 5) is 12.4. The Bertz CT molecular complexity index is 1530. The predicted octanol–water partition coefficient (Wildman–Crippen LogP) is 4.99. The van der Waals surface area contributed by atoms with E-state index in [0.29, 0.717) is 10.8 Å². The third kappa shape index (κ3) is 4.66. The Kier molecular flexibility index (Phi) is 5.91. The molecular formula is C24H19N3O6S. The Morgan fingerprint density at radius 3 is 2.12 bits per heavy atom. The van der Waals surface area contributed by atoms with Gasteiger partial charge in [0.15, 0.2) is 5.75 Å². The number of phenolic OH excluding ortho intramolecular Hbond substituents is 3. The number of anilines is 1. The number of nitrogens with zero attached hydrogens (tertiary/aromatic N) is 2. The number of rotatable bonds is 5. The monoisotopic (exact) mass is 477 g/mol. The van der Waals surface area contributed by atoms with Crippen molar-refractivity contribution >= 4 is 38.1 Å². The molecule has 0 atom stereocenters. The van der Waals surface area contributed by atoms with Crippen molar-refractivity contribution in [1.82, 2.24) is 0 Å². The van der Waals surface area contributed by atoms with E-state index < -0.39 is 15.9 Å². The van der Waals surface area contributed by atoms with Crippen LogP contribution in [-0.4, -0.2) is 29.6 Å². The van der Waals surface area contributed by atoms with Gasteiger partial charge in [0, 0.05) is 16.8 Å². The number of amides is 1. The minimum atomic E-state index is -3.96. The van der Waals surface area contributed by atoms with Crippen LogP contribution in [0.15, 0.2) is 87.9 Å². The first kappa shape index (κ1) is 22.7. The summed E-state index contributed by atoms with van der Waals surface area (Å²) in [7, 11) is -3.96. The number of azo groups is 1. The van der Waals surface area contributed by atoms with Crippen LogP contribution in [0.1, 0.15) is 15.9 Å². The molecule has 0 aliphatic rings. The van der Waals surface area contributed by atoms with Crippen LogP contribution in [-0.2, 0) is 10.0 Å². The van der Waals surface area contributed by atoms with Crippen LogP contribution in [0, 0.1) is 6.92 Å². The van der Waals surface area contributed by atoms with Crippen molar-refractivity contribution in [3.63, 3.8) is 0 Å². The molecule has 9 nitrogen and oxygen atoms in total. The van der Waals surface area contributed by atoms with Gasteiger partial charge in [0.25, 0.3) is 15.9 Å². The number of hydrogen-bond acceptors (Lipinski definition) is 7. The highest BCUT2D eigenvalue weighted by Gasteiger charge is 2.19. The maximum absolute atomic E-state index is 12.9. The summed E-state index contributed by atoms with van der Waals surface area (Å²) in [5.74, 6) is -1.86. The number of aromatic hydroxyl groups is 3. The second-order valence-electron chi connectivity index (χ2n) is 7.50. The molecule has 0 aromatic heterocycles. The maximum Gasteiger partial charge on any atom is 0.295 e. The van der Waals surface area contributed by atoms with E-state index in [1.807, 2.05) is 6.92 Å². The zero-order valence-corrected chi connectivity index (χ0v) is 18.6. The Balaban J connectivity index is 1.75. The van der Waals surface area contributed by atoms with E-state index in [1.165, 1.54) is 18.2 Å². The van der Waals surface area contributed by atoms with Gasteiger partial charge in [-0.1, -0.05) is 42.0 Å². The van der Waals surface area contributed by atoms with E-state index >= 15 is 0 Å². The fraction of sp³-hybridized carbons (Fsp3) is 0.0417. The molecule has 0 unspecified atom stereocenters. The van der Waals surface area contributed by atoms with Crippen LogP contribution in [0.4, 0.5) is 11.4 Å². The predicted molar refractivity (Wildman–Crippen MR) is 126 cm³/mol. The Hall–Kier alpha value is -4.44. The van der Waals surface area contributed by atoms with Gasteiger partial charge in [0.05, 0.1) is 16.1 Å². The summed E-state index contributed by atoms with van der Waals surface area (Å²) in [5, 5.41) is 37.8. The van der Waals surface area contributed by atoms with E-state index in [-0.39, 0.29) is 39.1 Å². The first-order valence-electron chi connectivity index (χ1n) is 9.97. The molecule has 0 aliphatic carbocycles. The maximum atomic E-state index is 12.9. The number of aryl methyl sites for hydroxylation is 1. The summed E-state index contributed by atoms with van der Waals surface area (Å²) < 4.78 is 28.4. The number of sulfonamides is 1. The quantitative estimate of drug-likeness (QED) is 0.235. The molecule has 1 amide bonds. The molecule has 4 rings (SSSR count). The molecule has 34 heavy (non-hydrogen) atoms. The molecule has 0 heterocycles. The molecule has 0 spiro atoms. The molecule has 0 fully saturated rings. The van der Waals surface area contributed by atoms with E-state index in [9.17, 15) is 28.5 Å². The summed E-state index contributed by atoms with van der Waals surface area (Å²) >= 11 is 0. The van der Waals surface area contributed by atoms with Crippen LogP contribution in [0.25, 0.3) is 10.8 Å². The topological polar surface area (TPSA) is 149 Å². The van der Waals surface area contributed by atoms with Gasteiger partial charge >= 0.3 is 0 Å². The minimum absolute atomic E-state index is 0.0531. The van der Waals surface area contributed by atoms with E-state index in [4.69, 9.17) is 0 Å². The number of nitrogens with one attached hydrogen (secondary N) is 1. The van der Waals surface area contributed by atoms with Gasteiger partial charge in [0.2, 0.25) is 0 Å².